The Kier molecular flexibility index (Phi) is 7.00. The summed E-state index contributed by atoms with van der Waals surface area (Å²) in [5.74, 6) is 1.86. The molecule has 0 atom stereocenters. The molecule has 270 valence electrons. The van der Waals surface area contributed by atoms with Crippen LogP contribution in [0, 0.1) is 0 Å². The SMILES string of the molecule is CC1(C)CCC(C)(C)c2cc3c(cc21)c1ccc2ccccc2c1n3-c1cccc(-c2nc(-c3ccccc3)nc(-n3c4ccccc4c4ccccc43)n2)c1. The van der Waals surface area contributed by atoms with E-state index in [0.717, 1.165) is 34.3 Å². The van der Waals surface area contributed by atoms with Gasteiger partial charge in [0.15, 0.2) is 11.6 Å². The Labute approximate surface area is 325 Å². The van der Waals surface area contributed by atoms with Crippen molar-refractivity contribution in [1.82, 2.24) is 24.1 Å². The first-order valence-corrected chi connectivity index (χ1v) is 19.7. The zero-order chi connectivity index (χ0) is 37.8. The molecule has 0 aliphatic heterocycles. The highest BCUT2D eigenvalue weighted by molar-refractivity contribution is 6.19. The lowest BCUT2D eigenvalue weighted by Crippen LogP contribution is -2.33. The number of para-hydroxylation sites is 2. The number of hydrogen-bond acceptors (Lipinski definition) is 3. The molecule has 1 aliphatic rings. The van der Waals surface area contributed by atoms with Crippen molar-refractivity contribution in [3.8, 4) is 34.4 Å². The number of aromatic nitrogens is 5. The Morgan fingerprint density at radius 3 is 1.73 bits per heavy atom. The lowest BCUT2D eigenvalue weighted by atomic mass is 9.63. The van der Waals surface area contributed by atoms with Crippen molar-refractivity contribution < 1.29 is 0 Å². The van der Waals surface area contributed by atoms with Crippen LogP contribution in [-0.4, -0.2) is 24.1 Å². The van der Waals surface area contributed by atoms with Crippen molar-refractivity contribution >= 4 is 54.4 Å². The number of benzene rings is 7. The second kappa shape index (κ2) is 12.0. The number of rotatable bonds is 4. The van der Waals surface area contributed by atoms with Crippen LogP contribution in [0.2, 0.25) is 0 Å². The largest absolute Gasteiger partial charge is 0.309 e. The van der Waals surface area contributed by atoms with E-state index in [2.05, 4.69) is 170 Å². The van der Waals surface area contributed by atoms with Crippen LogP contribution >= 0.6 is 0 Å². The molecule has 0 bridgehead atoms. The summed E-state index contributed by atoms with van der Waals surface area (Å²) in [7, 11) is 0. The highest BCUT2D eigenvalue weighted by Crippen LogP contribution is 2.49. The van der Waals surface area contributed by atoms with Crippen LogP contribution in [0.25, 0.3) is 88.8 Å². The summed E-state index contributed by atoms with van der Waals surface area (Å²) in [5, 5.41) is 7.36. The molecule has 0 N–H and O–H groups in total. The molecule has 3 heterocycles. The van der Waals surface area contributed by atoms with Crippen LogP contribution in [0.15, 0.2) is 152 Å². The molecule has 7 aromatic carbocycles. The first-order valence-electron chi connectivity index (χ1n) is 19.7. The Hall–Kier alpha value is -6.59. The summed E-state index contributed by atoms with van der Waals surface area (Å²) >= 11 is 0. The maximum Gasteiger partial charge on any atom is 0.238 e. The summed E-state index contributed by atoms with van der Waals surface area (Å²) in [4.78, 5) is 15.6. The van der Waals surface area contributed by atoms with Crippen molar-refractivity contribution in [3.63, 3.8) is 0 Å². The maximum atomic E-state index is 5.29. The van der Waals surface area contributed by atoms with Crippen LogP contribution in [0.5, 0.6) is 0 Å². The van der Waals surface area contributed by atoms with Gasteiger partial charge in [-0.25, -0.2) is 4.98 Å². The van der Waals surface area contributed by atoms with Crippen molar-refractivity contribution in [2.45, 2.75) is 51.4 Å². The Morgan fingerprint density at radius 1 is 0.429 bits per heavy atom. The minimum Gasteiger partial charge on any atom is -0.309 e. The van der Waals surface area contributed by atoms with Crippen molar-refractivity contribution in [2.24, 2.45) is 0 Å². The second-order valence-electron chi connectivity index (χ2n) is 16.8. The molecule has 3 aromatic heterocycles. The van der Waals surface area contributed by atoms with E-state index in [9.17, 15) is 0 Å². The van der Waals surface area contributed by atoms with Crippen molar-refractivity contribution in [3.05, 3.63) is 163 Å². The van der Waals surface area contributed by atoms with Gasteiger partial charge in [-0.1, -0.05) is 143 Å². The predicted molar refractivity (Wildman–Crippen MR) is 232 cm³/mol. The predicted octanol–water partition coefficient (Wildman–Crippen LogP) is 12.9. The summed E-state index contributed by atoms with van der Waals surface area (Å²) in [6, 6.07) is 54.4. The van der Waals surface area contributed by atoms with Gasteiger partial charge < -0.3 is 4.57 Å². The van der Waals surface area contributed by atoms with Crippen molar-refractivity contribution in [2.75, 3.05) is 0 Å². The number of nitrogens with zero attached hydrogens (tertiary/aromatic N) is 5. The number of hydrogen-bond donors (Lipinski definition) is 0. The third-order valence-electron chi connectivity index (χ3n) is 12.4. The van der Waals surface area contributed by atoms with Gasteiger partial charge in [0.25, 0.3) is 0 Å². The van der Waals surface area contributed by atoms with Gasteiger partial charge >= 0.3 is 0 Å². The summed E-state index contributed by atoms with van der Waals surface area (Å²) < 4.78 is 4.67. The lowest BCUT2D eigenvalue weighted by Gasteiger charge is -2.42. The molecule has 0 fully saturated rings. The van der Waals surface area contributed by atoms with Gasteiger partial charge in [0.05, 0.1) is 22.1 Å². The molecule has 11 rings (SSSR count). The van der Waals surface area contributed by atoms with E-state index >= 15 is 0 Å². The monoisotopic (exact) mass is 723 g/mol. The topological polar surface area (TPSA) is 48.5 Å². The molecule has 0 unspecified atom stereocenters. The third-order valence-corrected chi connectivity index (χ3v) is 12.4. The van der Waals surface area contributed by atoms with E-state index < -0.39 is 0 Å². The van der Waals surface area contributed by atoms with Crippen molar-refractivity contribution in [1.29, 1.82) is 0 Å². The molecule has 10 aromatic rings. The van der Waals surface area contributed by atoms with E-state index in [1.165, 1.54) is 60.9 Å². The second-order valence-corrected chi connectivity index (χ2v) is 16.8. The molecular weight excluding hydrogens is 683 g/mol. The third kappa shape index (κ3) is 4.90. The molecule has 1 aliphatic carbocycles. The summed E-state index contributed by atoms with van der Waals surface area (Å²) in [6.07, 6.45) is 2.34. The van der Waals surface area contributed by atoms with E-state index in [-0.39, 0.29) is 10.8 Å². The van der Waals surface area contributed by atoms with Gasteiger partial charge in [-0.15, -0.1) is 0 Å². The average Bonchev–Trinajstić information content (AvgIpc) is 3.75. The fourth-order valence-electron chi connectivity index (χ4n) is 9.34. The molecule has 0 radical (unpaired) electrons. The van der Waals surface area contributed by atoms with Gasteiger partial charge in [0.1, 0.15) is 0 Å². The van der Waals surface area contributed by atoms with Crippen LogP contribution < -0.4 is 0 Å². The highest BCUT2D eigenvalue weighted by Gasteiger charge is 2.38. The fourth-order valence-corrected chi connectivity index (χ4v) is 9.34. The van der Waals surface area contributed by atoms with E-state index in [4.69, 9.17) is 15.0 Å². The minimum atomic E-state index is 0.0756. The molecule has 0 amide bonds. The van der Waals surface area contributed by atoms with Gasteiger partial charge in [0.2, 0.25) is 5.95 Å². The van der Waals surface area contributed by atoms with Gasteiger partial charge in [0, 0.05) is 43.7 Å². The standard InChI is InChI=1S/C51H41N5/c1-50(2)27-28-51(3,4)42-31-45-40(30-41(42)50)39-26-25-32-15-8-9-20-36(32)46(39)55(45)35-19-14-18-34(29-35)48-52-47(33-16-6-5-7-17-33)53-49(54-48)56-43-23-12-10-21-37(43)38-22-11-13-24-44(38)56/h5-26,29-31H,27-28H2,1-4H3. The smallest absolute Gasteiger partial charge is 0.238 e. The molecule has 0 saturated carbocycles. The molecule has 5 heteroatoms. The summed E-state index contributed by atoms with van der Waals surface area (Å²) in [5.41, 5.74) is 10.6. The zero-order valence-corrected chi connectivity index (χ0v) is 32.1. The first kappa shape index (κ1) is 32.8. The average molecular weight is 724 g/mol. The van der Waals surface area contributed by atoms with Gasteiger partial charge in [-0.2, -0.15) is 9.97 Å². The molecular formula is C51H41N5. The summed E-state index contributed by atoms with van der Waals surface area (Å²) in [6.45, 7) is 9.65. The fraction of sp³-hybridized carbons (Fsp3) is 0.157. The van der Waals surface area contributed by atoms with E-state index in [0.29, 0.717) is 17.6 Å². The lowest BCUT2D eigenvalue weighted by molar-refractivity contribution is 0.332. The van der Waals surface area contributed by atoms with E-state index in [1.807, 2.05) is 18.2 Å². The van der Waals surface area contributed by atoms with Crippen LogP contribution in [0.3, 0.4) is 0 Å². The van der Waals surface area contributed by atoms with Gasteiger partial charge in [-0.05, 0) is 76.6 Å². The van der Waals surface area contributed by atoms with Crippen LogP contribution in [0.1, 0.15) is 51.7 Å². The van der Waals surface area contributed by atoms with Crippen LogP contribution in [0.4, 0.5) is 0 Å². The Balaban J connectivity index is 1.19. The quantitative estimate of drug-likeness (QED) is 0.182. The molecule has 0 spiro atoms. The zero-order valence-electron chi connectivity index (χ0n) is 32.1. The Morgan fingerprint density at radius 2 is 1.02 bits per heavy atom. The highest BCUT2D eigenvalue weighted by atomic mass is 15.2. The minimum absolute atomic E-state index is 0.0756. The van der Waals surface area contributed by atoms with Gasteiger partial charge in [-0.3, -0.25) is 4.57 Å². The maximum absolute atomic E-state index is 5.29. The molecule has 0 saturated heterocycles. The molecule has 5 nitrogen and oxygen atoms in total. The Bertz CT molecular complexity index is 3150. The first-order chi connectivity index (χ1) is 27.2. The number of fused-ring (bicyclic) bond motifs is 9. The molecule has 56 heavy (non-hydrogen) atoms. The van der Waals surface area contributed by atoms with Crippen LogP contribution in [-0.2, 0) is 10.8 Å². The van der Waals surface area contributed by atoms with E-state index in [1.54, 1.807) is 0 Å². The normalized spacial score (nSPS) is 14.9.